The number of hydrogen-bond donors (Lipinski definition) is 2. The minimum Gasteiger partial charge on any atom is -0.476 e. The fourth-order valence-electron chi connectivity index (χ4n) is 4.04. The summed E-state index contributed by atoms with van der Waals surface area (Å²) in [6.07, 6.45) is -0.978. The van der Waals surface area contributed by atoms with Gasteiger partial charge in [0.25, 0.3) is 0 Å². The summed E-state index contributed by atoms with van der Waals surface area (Å²) in [6.45, 7) is 3.11. The van der Waals surface area contributed by atoms with Gasteiger partial charge in [-0.2, -0.15) is 4.57 Å². The highest BCUT2D eigenvalue weighted by Gasteiger charge is 2.62. The van der Waals surface area contributed by atoms with E-state index in [0.717, 1.165) is 4.90 Å². The first-order chi connectivity index (χ1) is 15.2. The summed E-state index contributed by atoms with van der Waals surface area (Å²) < 4.78 is 30.5. The van der Waals surface area contributed by atoms with Crippen molar-refractivity contribution in [2.45, 2.75) is 26.0 Å². The van der Waals surface area contributed by atoms with Gasteiger partial charge in [-0.1, -0.05) is 43.3 Å². The zero-order chi connectivity index (χ0) is 23.0. The summed E-state index contributed by atoms with van der Waals surface area (Å²) in [5.74, 6) is -3.22. The quantitative estimate of drug-likeness (QED) is 0.455. The topological polar surface area (TPSA) is 123 Å². The molecule has 0 saturated carbocycles. The van der Waals surface area contributed by atoms with Crippen LogP contribution in [0.3, 0.4) is 0 Å². The van der Waals surface area contributed by atoms with Gasteiger partial charge in [-0.3, -0.25) is 9.69 Å². The van der Waals surface area contributed by atoms with Crippen molar-refractivity contribution in [1.29, 1.82) is 0 Å². The zero-order valence-corrected chi connectivity index (χ0v) is 18.2. The Morgan fingerprint density at radius 1 is 1.00 bits per heavy atom. The number of carboxylic acids is 1. The van der Waals surface area contributed by atoms with Crippen molar-refractivity contribution in [2.24, 2.45) is 11.8 Å². The second-order valence-electron chi connectivity index (χ2n) is 7.62. The Balaban J connectivity index is 1.71. The number of phosphoric acid groups is 1. The molecule has 2 aliphatic heterocycles. The number of amides is 1. The Kier molecular flexibility index (Phi) is 5.71. The number of para-hydroxylation sites is 2. The lowest BCUT2D eigenvalue weighted by Gasteiger charge is -2.45. The van der Waals surface area contributed by atoms with E-state index in [9.17, 15) is 24.4 Å². The van der Waals surface area contributed by atoms with Crippen LogP contribution in [0, 0.1) is 11.8 Å². The highest BCUT2D eigenvalue weighted by molar-refractivity contribution is 7.49. The molecule has 1 saturated heterocycles. The van der Waals surface area contributed by atoms with Crippen molar-refractivity contribution in [3.05, 3.63) is 72.1 Å². The van der Waals surface area contributed by atoms with Crippen molar-refractivity contribution >= 4 is 19.7 Å². The molecule has 0 radical (unpaired) electrons. The number of phosphoric ester groups is 1. The van der Waals surface area contributed by atoms with Crippen molar-refractivity contribution < 1.29 is 37.9 Å². The standard InChI is InChI=1S/C22H22NO8P/c1-13-18-17(14(2)24)21(25)23(18)19(22(26)27)20(13)31-32(28,29-15-9-5-3-6-10-15)30-16-11-7-4-8-12-16/h3-14,17-18,24H,1-2H3,(H,26,27)/t13-,14-,17?,18?/m1/s1. The Morgan fingerprint density at radius 3 is 1.94 bits per heavy atom. The zero-order valence-electron chi connectivity index (χ0n) is 17.3. The first-order valence-corrected chi connectivity index (χ1v) is 11.5. The van der Waals surface area contributed by atoms with Gasteiger partial charge in [0.05, 0.1) is 18.1 Å². The summed E-state index contributed by atoms with van der Waals surface area (Å²) in [4.78, 5) is 25.6. The maximum absolute atomic E-state index is 13.7. The molecule has 10 heteroatoms. The van der Waals surface area contributed by atoms with Crippen LogP contribution in [-0.2, 0) is 18.7 Å². The molecule has 32 heavy (non-hydrogen) atoms. The van der Waals surface area contributed by atoms with Crippen LogP contribution in [0.1, 0.15) is 13.8 Å². The van der Waals surface area contributed by atoms with E-state index in [2.05, 4.69) is 0 Å². The van der Waals surface area contributed by atoms with Gasteiger partial charge in [-0.15, -0.1) is 0 Å². The van der Waals surface area contributed by atoms with E-state index in [1.807, 2.05) is 0 Å². The lowest BCUT2D eigenvalue weighted by atomic mass is 9.79. The average Bonchev–Trinajstić information content (AvgIpc) is 2.97. The molecule has 2 heterocycles. The summed E-state index contributed by atoms with van der Waals surface area (Å²) in [7, 11) is -4.44. The molecule has 0 aromatic heterocycles. The number of benzene rings is 2. The summed E-state index contributed by atoms with van der Waals surface area (Å²) in [5.41, 5.74) is -0.432. The van der Waals surface area contributed by atoms with Crippen LogP contribution in [0.5, 0.6) is 11.5 Å². The number of aliphatic carboxylic acids is 1. The molecule has 0 aliphatic carbocycles. The van der Waals surface area contributed by atoms with Gasteiger partial charge >= 0.3 is 13.8 Å². The first-order valence-electron chi connectivity index (χ1n) is 9.99. The van der Waals surface area contributed by atoms with E-state index in [1.165, 1.54) is 6.92 Å². The van der Waals surface area contributed by atoms with Crippen LogP contribution in [0.15, 0.2) is 72.1 Å². The predicted octanol–water partition coefficient (Wildman–Crippen LogP) is 3.42. The smallest absolute Gasteiger partial charge is 0.476 e. The van der Waals surface area contributed by atoms with Gasteiger partial charge in [0.15, 0.2) is 5.70 Å². The third-order valence-electron chi connectivity index (χ3n) is 5.44. The fraction of sp³-hybridized carbons (Fsp3) is 0.273. The molecule has 2 aliphatic rings. The van der Waals surface area contributed by atoms with Crippen molar-refractivity contribution in [3.8, 4) is 11.5 Å². The molecule has 1 fully saturated rings. The van der Waals surface area contributed by atoms with E-state index < -0.39 is 49.4 Å². The highest BCUT2D eigenvalue weighted by atomic mass is 31.2. The minimum absolute atomic E-state index is 0.191. The number of carbonyl (C=O) groups excluding carboxylic acids is 1. The maximum atomic E-state index is 13.7. The molecule has 4 atom stereocenters. The third kappa shape index (κ3) is 3.85. The second kappa shape index (κ2) is 8.33. The molecule has 0 bridgehead atoms. The lowest BCUT2D eigenvalue weighted by Crippen LogP contribution is -2.63. The SMILES string of the molecule is C[C@@H](O)C1C(=O)N2C(C(=O)O)=C(OP(=O)(Oc3ccccc3)Oc3ccccc3)[C@H](C)C12. The number of aliphatic hydroxyl groups excluding tert-OH is 1. The molecule has 0 spiro atoms. The largest absolute Gasteiger partial charge is 0.646 e. The van der Waals surface area contributed by atoms with Crippen molar-refractivity contribution in [2.75, 3.05) is 0 Å². The number of β-lactam (4-membered cyclic amide) rings is 1. The lowest BCUT2D eigenvalue weighted by molar-refractivity contribution is -0.163. The number of hydrogen-bond acceptors (Lipinski definition) is 7. The van der Waals surface area contributed by atoms with Crippen LogP contribution in [0.2, 0.25) is 0 Å². The Bertz CT molecular complexity index is 1060. The summed E-state index contributed by atoms with van der Waals surface area (Å²) >= 11 is 0. The van der Waals surface area contributed by atoms with Gasteiger partial charge in [0.2, 0.25) is 5.91 Å². The second-order valence-corrected chi connectivity index (χ2v) is 9.06. The number of nitrogens with zero attached hydrogens (tertiary/aromatic N) is 1. The maximum Gasteiger partial charge on any atom is 0.646 e. The van der Waals surface area contributed by atoms with Crippen LogP contribution in [0.4, 0.5) is 0 Å². The van der Waals surface area contributed by atoms with Crippen LogP contribution < -0.4 is 9.05 Å². The van der Waals surface area contributed by atoms with E-state index in [4.69, 9.17) is 13.6 Å². The van der Waals surface area contributed by atoms with Crippen molar-refractivity contribution in [3.63, 3.8) is 0 Å². The molecule has 2 N–H and O–H groups in total. The van der Waals surface area contributed by atoms with Gasteiger partial charge < -0.3 is 23.8 Å². The van der Waals surface area contributed by atoms with E-state index >= 15 is 0 Å². The van der Waals surface area contributed by atoms with Gasteiger partial charge in [-0.25, -0.2) is 4.79 Å². The van der Waals surface area contributed by atoms with E-state index in [1.54, 1.807) is 67.6 Å². The van der Waals surface area contributed by atoms with Crippen LogP contribution in [-0.4, -0.2) is 39.1 Å². The van der Waals surface area contributed by atoms with Crippen LogP contribution >= 0.6 is 7.82 Å². The van der Waals surface area contributed by atoms with Gasteiger partial charge in [0.1, 0.15) is 17.3 Å². The monoisotopic (exact) mass is 459 g/mol. The number of carboxylic acid groups (broad SMARTS) is 1. The fourth-order valence-corrected chi connectivity index (χ4v) is 5.40. The van der Waals surface area contributed by atoms with Crippen LogP contribution in [0.25, 0.3) is 0 Å². The normalized spacial score (nSPS) is 23.3. The molecular weight excluding hydrogens is 437 g/mol. The molecule has 1 amide bonds. The molecule has 2 aromatic carbocycles. The number of fused-ring (bicyclic) bond motifs is 1. The number of aliphatic hydroxyl groups is 1. The summed E-state index contributed by atoms with van der Waals surface area (Å²) in [6, 6.07) is 15.7. The Hall–Kier alpha value is -3.29. The molecule has 168 valence electrons. The highest BCUT2D eigenvalue weighted by Crippen LogP contribution is 2.56. The molecule has 9 nitrogen and oxygen atoms in total. The molecular formula is C22H22NO8P. The van der Waals surface area contributed by atoms with Crippen molar-refractivity contribution in [1.82, 2.24) is 4.90 Å². The predicted molar refractivity (Wildman–Crippen MR) is 112 cm³/mol. The van der Waals surface area contributed by atoms with E-state index in [-0.39, 0.29) is 17.3 Å². The van der Waals surface area contributed by atoms with E-state index in [0.29, 0.717) is 0 Å². The molecule has 2 aromatic rings. The first kappa shape index (κ1) is 21.9. The Labute approximate surface area is 184 Å². The minimum atomic E-state index is -4.44. The molecule has 2 unspecified atom stereocenters. The van der Waals surface area contributed by atoms with Gasteiger partial charge in [0, 0.05) is 5.92 Å². The Morgan fingerprint density at radius 2 is 1.50 bits per heavy atom. The third-order valence-corrected chi connectivity index (χ3v) is 6.73. The summed E-state index contributed by atoms with van der Waals surface area (Å²) in [5, 5.41) is 19.8. The van der Waals surface area contributed by atoms with Gasteiger partial charge in [-0.05, 0) is 31.2 Å². The average molecular weight is 459 g/mol. The number of carbonyl (C=O) groups is 2. The number of rotatable bonds is 8. The molecule has 4 rings (SSSR count).